The Labute approximate surface area is 200 Å². The van der Waals surface area contributed by atoms with Gasteiger partial charge in [0.25, 0.3) is 11.5 Å². The maximum absolute atomic E-state index is 13.7. The summed E-state index contributed by atoms with van der Waals surface area (Å²) >= 11 is 6.52. The Bertz CT molecular complexity index is 1370. The van der Waals surface area contributed by atoms with Crippen LogP contribution in [-0.4, -0.2) is 32.7 Å². The van der Waals surface area contributed by atoms with Crippen molar-refractivity contribution in [1.82, 2.24) is 9.72 Å². The molecule has 5 rings (SSSR count). The van der Waals surface area contributed by atoms with Crippen molar-refractivity contribution in [2.45, 2.75) is 75.5 Å². The molecule has 34 heavy (non-hydrogen) atoms. The van der Waals surface area contributed by atoms with E-state index in [1.54, 1.807) is 29.7 Å². The number of halogens is 1. The highest BCUT2D eigenvalue weighted by atomic mass is 35.5. The van der Waals surface area contributed by atoms with E-state index < -0.39 is 29.1 Å². The van der Waals surface area contributed by atoms with Crippen molar-refractivity contribution in [2.75, 3.05) is 0 Å². The Hall–Kier alpha value is -2.91. The van der Waals surface area contributed by atoms with Gasteiger partial charge in [0.2, 0.25) is 0 Å². The van der Waals surface area contributed by atoms with Crippen LogP contribution >= 0.6 is 11.6 Å². The van der Waals surface area contributed by atoms with Crippen molar-refractivity contribution in [2.24, 2.45) is 11.5 Å². The first-order chi connectivity index (χ1) is 16.2. The predicted molar refractivity (Wildman–Crippen MR) is 126 cm³/mol. The highest BCUT2D eigenvalue weighted by molar-refractivity contribution is 6.37. The predicted octanol–water partition coefficient (Wildman–Crippen LogP) is 3.26. The number of fused-ring (bicyclic) bond motifs is 3. The van der Waals surface area contributed by atoms with Crippen LogP contribution in [0.25, 0.3) is 21.8 Å². The first-order valence-electron chi connectivity index (χ1n) is 11.6. The van der Waals surface area contributed by atoms with Crippen molar-refractivity contribution < 1.29 is 18.8 Å². The van der Waals surface area contributed by atoms with Gasteiger partial charge in [0.15, 0.2) is 5.60 Å². The number of carbonyl (C=O) groups is 2. The van der Waals surface area contributed by atoms with E-state index in [0.717, 1.165) is 12.8 Å². The van der Waals surface area contributed by atoms with Gasteiger partial charge in [-0.3, -0.25) is 14.4 Å². The number of primary amides is 1. The van der Waals surface area contributed by atoms with Gasteiger partial charge in [-0.15, -0.1) is 0 Å². The average Bonchev–Trinajstić information content (AvgIpc) is 3.41. The molecule has 10 heteroatoms. The summed E-state index contributed by atoms with van der Waals surface area (Å²) in [5.74, 6) is -0.954. The Kier molecular flexibility index (Phi) is 5.44. The fourth-order valence-electron chi connectivity index (χ4n) is 5.62. The lowest BCUT2D eigenvalue weighted by molar-refractivity contribution is -0.177. The highest BCUT2D eigenvalue weighted by Crippen LogP contribution is 2.42. The number of aryl methyl sites for hydroxylation is 1. The lowest BCUT2D eigenvalue weighted by atomic mass is 9.80. The second-order valence-corrected chi connectivity index (χ2v) is 10.0. The summed E-state index contributed by atoms with van der Waals surface area (Å²) in [4.78, 5) is 39.4. The van der Waals surface area contributed by atoms with E-state index in [1.807, 2.05) is 0 Å². The molecule has 2 fully saturated rings. The molecule has 2 aliphatic rings. The van der Waals surface area contributed by atoms with Crippen LogP contribution in [0.1, 0.15) is 63.2 Å². The molecule has 1 amide bonds. The number of carbonyl (C=O) groups excluding carboxylic acids is 2. The van der Waals surface area contributed by atoms with E-state index in [4.69, 9.17) is 32.3 Å². The highest BCUT2D eigenvalue weighted by Gasteiger charge is 2.50. The van der Waals surface area contributed by atoms with Gasteiger partial charge >= 0.3 is 5.97 Å². The van der Waals surface area contributed by atoms with Crippen LogP contribution in [0, 0.1) is 6.92 Å². The second kappa shape index (κ2) is 8.09. The van der Waals surface area contributed by atoms with Gasteiger partial charge in [-0.1, -0.05) is 35.7 Å². The van der Waals surface area contributed by atoms with Crippen LogP contribution < -0.4 is 17.0 Å². The van der Waals surface area contributed by atoms with Gasteiger partial charge < -0.3 is 25.3 Å². The molecule has 1 aromatic carbocycles. The SMILES string of the molecule is Cc1onc2c1c(=O)n(C1CCCC(OC(=O)C3(N)CCCC3)(C(N)=O)C1)c1cccc(Cl)c21. The molecule has 2 unspecified atom stereocenters. The van der Waals surface area contributed by atoms with E-state index in [0.29, 0.717) is 58.3 Å². The number of pyridine rings is 1. The van der Waals surface area contributed by atoms with Gasteiger partial charge in [-0.05, 0) is 51.2 Å². The molecule has 2 aliphatic carbocycles. The van der Waals surface area contributed by atoms with Gasteiger partial charge in [0.05, 0.1) is 10.5 Å². The van der Waals surface area contributed by atoms with Gasteiger partial charge in [-0.2, -0.15) is 0 Å². The molecular formula is C24H27ClN4O5. The van der Waals surface area contributed by atoms with Crippen molar-refractivity contribution in [3.8, 4) is 0 Å². The molecule has 0 aliphatic heterocycles. The summed E-state index contributed by atoms with van der Waals surface area (Å²) in [6, 6.07) is 4.80. The monoisotopic (exact) mass is 486 g/mol. The number of rotatable bonds is 4. The fourth-order valence-corrected chi connectivity index (χ4v) is 5.88. The maximum atomic E-state index is 13.7. The van der Waals surface area contributed by atoms with Crippen molar-refractivity contribution in [3.63, 3.8) is 0 Å². The quantitative estimate of drug-likeness (QED) is 0.538. The number of amides is 1. The van der Waals surface area contributed by atoms with Gasteiger partial charge in [0, 0.05) is 17.8 Å². The molecule has 2 heterocycles. The van der Waals surface area contributed by atoms with Crippen molar-refractivity contribution >= 4 is 45.3 Å². The number of ether oxygens (including phenoxy) is 1. The lowest BCUT2D eigenvalue weighted by Gasteiger charge is -2.40. The van der Waals surface area contributed by atoms with Crippen LogP contribution in [0.5, 0.6) is 0 Å². The molecule has 0 spiro atoms. The minimum absolute atomic E-state index is 0.0709. The molecule has 9 nitrogen and oxygen atoms in total. The number of aromatic nitrogens is 2. The van der Waals surface area contributed by atoms with Crippen LogP contribution in [0.4, 0.5) is 0 Å². The first kappa shape index (κ1) is 22.9. The number of nitrogens with two attached hydrogens (primary N) is 2. The molecule has 4 N–H and O–H groups in total. The number of benzene rings is 1. The topological polar surface area (TPSA) is 143 Å². The average molecular weight is 487 g/mol. The van der Waals surface area contributed by atoms with Crippen LogP contribution in [-0.2, 0) is 14.3 Å². The third-order valence-corrected chi connectivity index (χ3v) is 7.79. The van der Waals surface area contributed by atoms with Crippen LogP contribution in [0.15, 0.2) is 27.5 Å². The molecule has 3 aromatic rings. The summed E-state index contributed by atoms with van der Waals surface area (Å²) in [6.45, 7) is 1.67. The van der Waals surface area contributed by atoms with Crippen LogP contribution in [0.2, 0.25) is 5.02 Å². The Balaban J connectivity index is 1.62. The molecule has 2 saturated carbocycles. The van der Waals surface area contributed by atoms with E-state index in [9.17, 15) is 14.4 Å². The number of nitrogens with zero attached hydrogens (tertiary/aromatic N) is 2. The molecule has 2 aromatic heterocycles. The molecule has 0 bridgehead atoms. The van der Waals surface area contributed by atoms with Gasteiger partial charge in [0.1, 0.15) is 22.2 Å². The summed E-state index contributed by atoms with van der Waals surface area (Å²) in [5.41, 5.74) is 10.1. The van der Waals surface area contributed by atoms with E-state index >= 15 is 0 Å². The molecule has 0 radical (unpaired) electrons. The minimum Gasteiger partial charge on any atom is -0.447 e. The zero-order chi connectivity index (χ0) is 24.3. The molecule has 0 saturated heterocycles. The Morgan fingerprint density at radius 2 is 1.94 bits per heavy atom. The van der Waals surface area contributed by atoms with E-state index in [2.05, 4.69) is 5.16 Å². The number of hydrogen-bond donors (Lipinski definition) is 2. The molecule has 2 atom stereocenters. The zero-order valence-electron chi connectivity index (χ0n) is 18.9. The van der Waals surface area contributed by atoms with E-state index in [1.165, 1.54) is 0 Å². The second-order valence-electron chi connectivity index (χ2n) is 9.63. The largest absolute Gasteiger partial charge is 0.447 e. The lowest BCUT2D eigenvalue weighted by Crippen LogP contribution is -2.56. The normalized spacial score (nSPS) is 24.5. The fraction of sp³-hybridized carbons (Fsp3) is 0.500. The third kappa shape index (κ3) is 3.41. The summed E-state index contributed by atoms with van der Waals surface area (Å²) < 4.78 is 12.8. The first-order valence-corrected chi connectivity index (χ1v) is 12.0. The summed E-state index contributed by atoms with van der Waals surface area (Å²) in [7, 11) is 0. The minimum atomic E-state index is -1.54. The maximum Gasteiger partial charge on any atom is 0.327 e. The van der Waals surface area contributed by atoms with Crippen LogP contribution in [0.3, 0.4) is 0 Å². The van der Waals surface area contributed by atoms with Gasteiger partial charge in [-0.25, -0.2) is 0 Å². The molecular weight excluding hydrogens is 460 g/mol. The Morgan fingerprint density at radius 3 is 2.65 bits per heavy atom. The van der Waals surface area contributed by atoms with E-state index in [-0.39, 0.29) is 18.4 Å². The smallest absolute Gasteiger partial charge is 0.327 e. The third-order valence-electron chi connectivity index (χ3n) is 7.47. The zero-order valence-corrected chi connectivity index (χ0v) is 19.7. The molecule has 180 valence electrons. The number of hydrogen-bond acceptors (Lipinski definition) is 7. The Morgan fingerprint density at radius 1 is 1.21 bits per heavy atom. The summed E-state index contributed by atoms with van der Waals surface area (Å²) in [5, 5.41) is 5.43. The van der Waals surface area contributed by atoms with Crippen molar-refractivity contribution in [3.05, 3.63) is 39.3 Å². The van der Waals surface area contributed by atoms with Crippen molar-refractivity contribution in [1.29, 1.82) is 0 Å². The summed E-state index contributed by atoms with van der Waals surface area (Å²) in [6.07, 6.45) is 4.16. The number of esters is 1. The standard InChI is InChI=1S/C24H27ClN4O5/c1-13-17-19(28-34-13)18-15(25)7-4-8-16(18)29(20(17)30)14-6-5-11-24(12-14,21(26)31)33-22(32)23(27)9-2-3-10-23/h4,7-8,14H,2-3,5-6,9-12,27H2,1H3,(H2,26,31).